The van der Waals surface area contributed by atoms with Gasteiger partial charge in [0.15, 0.2) is 0 Å². The summed E-state index contributed by atoms with van der Waals surface area (Å²) in [6.45, 7) is 7.05. The van der Waals surface area contributed by atoms with E-state index in [1.54, 1.807) is 0 Å². The fraction of sp³-hybridized carbons (Fsp3) is 1.00. The Kier molecular flexibility index (Phi) is 7.71. The van der Waals surface area contributed by atoms with Gasteiger partial charge in [-0.15, -0.1) is 0 Å². The molecule has 1 aliphatic heterocycles. The lowest BCUT2D eigenvalue weighted by molar-refractivity contribution is -0.149. The second-order valence-corrected chi connectivity index (χ2v) is 5.15. The minimum atomic E-state index is -4.06. The number of nitrogens with zero attached hydrogens (tertiary/aromatic N) is 2. The first kappa shape index (κ1) is 16.7. The molecule has 3 nitrogen and oxygen atoms in total. The van der Waals surface area contributed by atoms with E-state index in [1.165, 1.54) is 17.7 Å². The molecule has 1 rings (SSSR count). The first-order chi connectivity index (χ1) is 9.01. The summed E-state index contributed by atoms with van der Waals surface area (Å²) in [7, 11) is 0. The number of nitrogens with one attached hydrogen (secondary N) is 1. The van der Waals surface area contributed by atoms with Gasteiger partial charge in [-0.2, -0.15) is 13.2 Å². The third kappa shape index (κ3) is 8.44. The minimum absolute atomic E-state index is 0.539. The van der Waals surface area contributed by atoms with Crippen LogP contribution in [0.1, 0.15) is 26.2 Å². The van der Waals surface area contributed by atoms with Crippen molar-refractivity contribution in [1.29, 1.82) is 0 Å². The van der Waals surface area contributed by atoms with E-state index in [0.717, 1.165) is 39.1 Å². The Morgan fingerprint density at radius 3 is 2.16 bits per heavy atom. The molecule has 0 aromatic rings. The zero-order valence-electron chi connectivity index (χ0n) is 11.8. The van der Waals surface area contributed by atoms with E-state index in [9.17, 15) is 13.2 Å². The van der Waals surface area contributed by atoms with Crippen molar-refractivity contribution in [1.82, 2.24) is 15.1 Å². The summed E-state index contributed by atoms with van der Waals surface area (Å²) in [5.74, 6) is 0. The van der Waals surface area contributed by atoms with E-state index in [1.807, 2.05) is 0 Å². The maximum atomic E-state index is 12.2. The standard InChI is InChI=1S/C13H26F3N3/c1-2-17-6-4-3-5-7-18-8-10-19(11-9-18)12-13(14,15)16/h17H,2-12H2,1H3. The molecule has 1 fully saturated rings. The monoisotopic (exact) mass is 281 g/mol. The molecule has 1 aliphatic rings. The van der Waals surface area contributed by atoms with Crippen LogP contribution >= 0.6 is 0 Å². The summed E-state index contributed by atoms with van der Waals surface area (Å²) in [5, 5.41) is 3.29. The molecule has 0 atom stereocenters. The van der Waals surface area contributed by atoms with Crippen molar-refractivity contribution in [2.24, 2.45) is 0 Å². The highest BCUT2D eigenvalue weighted by molar-refractivity contribution is 4.73. The Hall–Kier alpha value is -0.330. The fourth-order valence-electron chi connectivity index (χ4n) is 2.36. The van der Waals surface area contributed by atoms with Crippen molar-refractivity contribution in [2.75, 3.05) is 52.4 Å². The molecule has 0 amide bonds. The van der Waals surface area contributed by atoms with Crippen molar-refractivity contribution >= 4 is 0 Å². The van der Waals surface area contributed by atoms with Gasteiger partial charge in [0.25, 0.3) is 0 Å². The summed E-state index contributed by atoms with van der Waals surface area (Å²) in [4.78, 5) is 3.78. The predicted octanol–water partition coefficient (Wildman–Crippen LogP) is 1.95. The van der Waals surface area contributed by atoms with Gasteiger partial charge in [0, 0.05) is 26.2 Å². The molecule has 114 valence electrons. The van der Waals surface area contributed by atoms with Gasteiger partial charge in [-0.3, -0.25) is 4.90 Å². The van der Waals surface area contributed by atoms with Crippen LogP contribution in [-0.2, 0) is 0 Å². The van der Waals surface area contributed by atoms with Crippen LogP contribution in [0.5, 0.6) is 0 Å². The van der Waals surface area contributed by atoms with Crippen LogP contribution in [0.25, 0.3) is 0 Å². The van der Waals surface area contributed by atoms with E-state index >= 15 is 0 Å². The van der Waals surface area contributed by atoms with Gasteiger partial charge in [-0.25, -0.2) is 0 Å². The summed E-state index contributed by atoms with van der Waals surface area (Å²) in [5.41, 5.74) is 0. The molecule has 0 aromatic carbocycles. The van der Waals surface area contributed by atoms with E-state index in [-0.39, 0.29) is 0 Å². The molecule has 6 heteroatoms. The average Bonchev–Trinajstić information content (AvgIpc) is 2.34. The van der Waals surface area contributed by atoms with Gasteiger partial charge in [0.2, 0.25) is 0 Å². The second-order valence-electron chi connectivity index (χ2n) is 5.15. The van der Waals surface area contributed by atoms with Crippen LogP contribution in [0.3, 0.4) is 0 Å². The van der Waals surface area contributed by atoms with Gasteiger partial charge >= 0.3 is 6.18 Å². The van der Waals surface area contributed by atoms with Gasteiger partial charge in [0.1, 0.15) is 0 Å². The lowest BCUT2D eigenvalue weighted by Crippen LogP contribution is -2.49. The molecule has 0 spiro atoms. The predicted molar refractivity (Wildman–Crippen MR) is 71.3 cm³/mol. The Balaban J connectivity index is 2.01. The number of piperazine rings is 1. The van der Waals surface area contributed by atoms with Crippen LogP contribution in [0.2, 0.25) is 0 Å². The number of unbranched alkanes of at least 4 members (excludes halogenated alkanes) is 2. The molecular formula is C13H26F3N3. The molecule has 0 aliphatic carbocycles. The molecule has 1 N–H and O–H groups in total. The molecule has 1 saturated heterocycles. The number of alkyl halides is 3. The van der Waals surface area contributed by atoms with Crippen LogP contribution < -0.4 is 5.32 Å². The summed E-state index contributed by atoms with van der Waals surface area (Å²) >= 11 is 0. The smallest absolute Gasteiger partial charge is 0.317 e. The summed E-state index contributed by atoms with van der Waals surface area (Å²) < 4.78 is 36.7. The van der Waals surface area contributed by atoms with Crippen molar-refractivity contribution in [3.63, 3.8) is 0 Å². The van der Waals surface area contributed by atoms with Gasteiger partial charge < -0.3 is 10.2 Å². The van der Waals surface area contributed by atoms with Crippen molar-refractivity contribution in [3.8, 4) is 0 Å². The third-order valence-corrected chi connectivity index (χ3v) is 3.45. The first-order valence-corrected chi connectivity index (χ1v) is 7.23. The van der Waals surface area contributed by atoms with Gasteiger partial charge in [0.05, 0.1) is 6.54 Å². The quantitative estimate of drug-likeness (QED) is 0.686. The normalized spacial score (nSPS) is 18.9. The van der Waals surface area contributed by atoms with Crippen molar-refractivity contribution < 1.29 is 13.2 Å². The SMILES string of the molecule is CCNCCCCCN1CCN(CC(F)(F)F)CC1. The highest BCUT2D eigenvalue weighted by Gasteiger charge is 2.31. The summed E-state index contributed by atoms with van der Waals surface area (Å²) in [6, 6.07) is 0. The van der Waals surface area contributed by atoms with E-state index in [2.05, 4.69) is 17.1 Å². The van der Waals surface area contributed by atoms with Gasteiger partial charge in [-0.05, 0) is 32.5 Å². The maximum absolute atomic E-state index is 12.2. The minimum Gasteiger partial charge on any atom is -0.317 e. The number of halogens is 3. The molecule has 19 heavy (non-hydrogen) atoms. The Bertz CT molecular complexity index is 226. The zero-order chi connectivity index (χ0) is 14.1. The number of hydrogen-bond acceptors (Lipinski definition) is 3. The molecule has 0 bridgehead atoms. The van der Waals surface area contributed by atoms with E-state index in [4.69, 9.17) is 0 Å². The van der Waals surface area contributed by atoms with Gasteiger partial charge in [-0.1, -0.05) is 13.3 Å². The molecule has 1 heterocycles. The fourth-order valence-corrected chi connectivity index (χ4v) is 2.36. The lowest BCUT2D eigenvalue weighted by atomic mass is 10.2. The first-order valence-electron chi connectivity index (χ1n) is 7.23. The lowest BCUT2D eigenvalue weighted by Gasteiger charge is -2.34. The Labute approximate surface area is 114 Å². The molecule has 0 radical (unpaired) electrons. The Morgan fingerprint density at radius 2 is 1.58 bits per heavy atom. The number of rotatable bonds is 8. The molecule has 0 unspecified atom stereocenters. The summed E-state index contributed by atoms with van der Waals surface area (Å²) in [6.07, 6.45) is -0.545. The van der Waals surface area contributed by atoms with Crippen molar-refractivity contribution in [3.05, 3.63) is 0 Å². The van der Waals surface area contributed by atoms with Crippen LogP contribution in [0.15, 0.2) is 0 Å². The highest BCUT2D eigenvalue weighted by atomic mass is 19.4. The molecule has 0 saturated carbocycles. The zero-order valence-corrected chi connectivity index (χ0v) is 11.8. The van der Waals surface area contributed by atoms with E-state index in [0.29, 0.717) is 13.1 Å². The average molecular weight is 281 g/mol. The van der Waals surface area contributed by atoms with Crippen LogP contribution in [0.4, 0.5) is 13.2 Å². The maximum Gasteiger partial charge on any atom is 0.401 e. The second kappa shape index (κ2) is 8.76. The Morgan fingerprint density at radius 1 is 0.947 bits per heavy atom. The van der Waals surface area contributed by atoms with Crippen molar-refractivity contribution in [2.45, 2.75) is 32.4 Å². The molecule has 0 aromatic heterocycles. The number of hydrogen-bond donors (Lipinski definition) is 1. The van der Waals surface area contributed by atoms with E-state index < -0.39 is 12.7 Å². The molecular weight excluding hydrogens is 255 g/mol. The van der Waals surface area contributed by atoms with Crippen LogP contribution in [0, 0.1) is 0 Å². The third-order valence-electron chi connectivity index (χ3n) is 3.45. The largest absolute Gasteiger partial charge is 0.401 e. The topological polar surface area (TPSA) is 18.5 Å². The van der Waals surface area contributed by atoms with Crippen LogP contribution in [-0.4, -0.2) is 68.3 Å². The highest BCUT2D eigenvalue weighted by Crippen LogP contribution is 2.17.